The highest BCUT2D eigenvalue weighted by atomic mass is 16.4. The van der Waals surface area contributed by atoms with Crippen LogP contribution in [0.3, 0.4) is 0 Å². The Morgan fingerprint density at radius 3 is 2.26 bits per heavy atom. The van der Waals surface area contributed by atoms with E-state index in [1.54, 1.807) is 0 Å². The molecule has 1 fully saturated rings. The number of carbonyl (C=O) groups is 2. The molecule has 0 heterocycles. The summed E-state index contributed by atoms with van der Waals surface area (Å²) in [6, 6.07) is -0.119. The second-order valence-electron chi connectivity index (χ2n) is 6.09. The van der Waals surface area contributed by atoms with Crippen LogP contribution in [0.2, 0.25) is 0 Å². The molecule has 0 atom stereocenters. The van der Waals surface area contributed by atoms with Crippen LogP contribution in [0, 0.1) is 11.3 Å². The van der Waals surface area contributed by atoms with Crippen molar-refractivity contribution in [3.63, 3.8) is 0 Å². The van der Waals surface area contributed by atoms with Gasteiger partial charge in [-0.25, -0.2) is 0 Å². The van der Waals surface area contributed by atoms with Gasteiger partial charge in [0, 0.05) is 12.6 Å². The maximum absolute atomic E-state index is 12.7. The van der Waals surface area contributed by atoms with Crippen LogP contribution in [0.15, 0.2) is 0 Å². The summed E-state index contributed by atoms with van der Waals surface area (Å²) < 4.78 is 0. The Kier molecular flexibility index (Phi) is 5.35. The number of hydrogen-bond acceptors (Lipinski definition) is 3. The quantitative estimate of drug-likeness (QED) is 0.792. The number of carboxylic acids is 1. The van der Waals surface area contributed by atoms with E-state index < -0.39 is 11.4 Å². The van der Waals surface area contributed by atoms with Crippen molar-refractivity contribution in [2.24, 2.45) is 17.1 Å². The minimum Gasteiger partial charge on any atom is -0.480 e. The summed E-state index contributed by atoms with van der Waals surface area (Å²) >= 11 is 0. The van der Waals surface area contributed by atoms with Crippen LogP contribution in [0.25, 0.3) is 0 Å². The molecule has 0 aromatic carbocycles. The standard InChI is InChI=1S/C14H26N2O3/c1-10(2)16(8-12(17)18)13(19)14(9-15)6-4-11(3)5-7-14/h10-11H,4-9,15H2,1-3H3,(H,17,18). The van der Waals surface area contributed by atoms with Gasteiger partial charge in [0.05, 0.1) is 5.41 Å². The lowest BCUT2D eigenvalue weighted by Crippen LogP contribution is -2.53. The molecule has 1 rings (SSSR count). The summed E-state index contributed by atoms with van der Waals surface area (Å²) in [6.07, 6.45) is 3.52. The smallest absolute Gasteiger partial charge is 0.323 e. The van der Waals surface area contributed by atoms with Gasteiger partial charge in [0.1, 0.15) is 6.54 Å². The molecule has 3 N–H and O–H groups in total. The van der Waals surface area contributed by atoms with Crippen LogP contribution < -0.4 is 5.73 Å². The average molecular weight is 270 g/mol. The van der Waals surface area contributed by atoms with Gasteiger partial charge in [-0.1, -0.05) is 6.92 Å². The molecule has 0 unspecified atom stereocenters. The first-order chi connectivity index (χ1) is 8.82. The molecule has 1 aliphatic rings. The summed E-state index contributed by atoms with van der Waals surface area (Å²) in [5, 5.41) is 8.95. The zero-order valence-electron chi connectivity index (χ0n) is 12.2. The van der Waals surface area contributed by atoms with Crippen molar-refractivity contribution in [3.05, 3.63) is 0 Å². The van der Waals surface area contributed by atoms with Crippen molar-refractivity contribution in [2.75, 3.05) is 13.1 Å². The number of rotatable bonds is 5. The fourth-order valence-electron chi connectivity index (χ4n) is 2.76. The van der Waals surface area contributed by atoms with Crippen molar-refractivity contribution in [1.82, 2.24) is 4.90 Å². The Morgan fingerprint density at radius 2 is 1.89 bits per heavy atom. The van der Waals surface area contributed by atoms with Crippen LogP contribution >= 0.6 is 0 Å². The third kappa shape index (κ3) is 3.69. The first-order valence-corrected chi connectivity index (χ1v) is 7.05. The molecule has 110 valence electrons. The van der Waals surface area contributed by atoms with Crippen LogP contribution in [-0.4, -0.2) is 41.0 Å². The minimum absolute atomic E-state index is 0.0840. The number of nitrogens with zero attached hydrogens (tertiary/aromatic N) is 1. The minimum atomic E-state index is -0.974. The molecule has 5 heteroatoms. The Bertz CT molecular complexity index is 334. The zero-order valence-corrected chi connectivity index (χ0v) is 12.2. The summed E-state index contributed by atoms with van der Waals surface area (Å²) in [7, 11) is 0. The average Bonchev–Trinajstić information content (AvgIpc) is 2.36. The SMILES string of the molecule is CC1CCC(CN)(C(=O)N(CC(=O)O)C(C)C)CC1. The number of amides is 1. The Morgan fingerprint density at radius 1 is 1.37 bits per heavy atom. The number of aliphatic carboxylic acids is 1. The van der Waals surface area contributed by atoms with Gasteiger partial charge in [-0.2, -0.15) is 0 Å². The molecular weight excluding hydrogens is 244 g/mol. The molecule has 0 bridgehead atoms. The predicted octanol–water partition coefficient (Wildman–Crippen LogP) is 1.46. The van der Waals surface area contributed by atoms with Crippen molar-refractivity contribution in [2.45, 2.75) is 52.5 Å². The van der Waals surface area contributed by atoms with Gasteiger partial charge >= 0.3 is 5.97 Å². The highest BCUT2D eigenvalue weighted by Gasteiger charge is 2.43. The zero-order chi connectivity index (χ0) is 14.6. The largest absolute Gasteiger partial charge is 0.480 e. The molecule has 0 aromatic rings. The van der Waals surface area contributed by atoms with Gasteiger partial charge < -0.3 is 15.7 Å². The third-order valence-corrected chi connectivity index (χ3v) is 4.27. The molecule has 1 aliphatic carbocycles. The van der Waals surface area contributed by atoms with E-state index in [9.17, 15) is 9.59 Å². The second-order valence-corrected chi connectivity index (χ2v) is 6.09. The van der Waals surface area contributed by atoms with Gasteiger partial charge in [0.2, 0.25) is 5.91 Å². The van der Waals surface area contributed by atoms with E-state index in [1.165, 1.54) is 4.90 Å². The van der Waals surface area contributed by atoms with Gasteiger partial charge in [0.15, 0.2) is 0 Å². The molecular formula is C14H26N2O3. The number of hydrogen-bond donors (Lipinski definition) is 2. The highest BCUT2D eigenvalue weighted by molar-refractivity contribution is 5.86. The van der Waals surface area contributed by atoms with Crippen LogP contribution in [0.1, 0.15) is 46.5 Å². The van der Waals surface area contributed by atoms with E-state index in [-0.39, 0.29) is 18.5 Å². The van der Waals surface area contributed by atoms with Crippen LogP contribution in [0.5, 0.6) is 0 Å². The third-order valence-electron chi connectivity index (χ3n) is 4.27. The van der Waals surface area contributed by atoms with Crippen molar-refractivity contribution >= 4 is 11.9 Å². The fourth-order valence-corrected chi connectivity index (χ4v) is 2.76. The molecule has 19 heavy (non-hydrogen) atoms. The molecule has 0 aliphatic heterocycles. The van der Waals surface area contributed by atoms with E-state index in [2.05, 4.69) is 6.92 Å². The lowest BCUT2D eigenvalue weighted by Gasteiger charge is -2.41. The second kappa shape index (κ2) is 6.37. The maximum atomic E-state index is 12.7. The molecule has 1 amide bonds. The van der Waals surface area contributed by atoms with E-state index in [0.29, 0.717) is 12.5 Å². The molecule has 0 spiro atoms. The number of carboxylic acid groups (broad SMARTS) is 1. The van der Waals surface area contributed by atoms with Crippen LogP contribution in [-0.2, 0) is 9.59 Å². The lowest BCUT2D eigenvalue weighted by molar-refractivity contribution is -0.153. The summed E-state index contributed by atoms with van der Waals surface area (Å²) in [4.78, 5) is 25.1. The highest BCUT2D eigenvalue weighted by Crippen LogP contribution is 2.39. The van der Waals surface area contributed by atoms with E-state index >= 15 is 0 Å². The Labute approximate surface area is 115 Å². The fraction of sp³-hybridized carbons (Fsp3) is 0.857. The molecule has 0 radical (unpaired) electrons. The van der Waals surface area contributed by atoms with Crippen molar-refractivity contribution < 1.29 is 14.7 Å². The van der Waals surface area contributed by atoms with E-state index in [4.69, 9.17) is 10.8 Å². The van der Waals surface area contributed by atoms with E-state index in [0.717, 1.165) is 25.7 Å². The normalized spacial score (nSPS) is 27.3. The molecule has 0 aromatic heterocycles. The van der Waals surface area contributed by atoms with Gasteiger partial charge in [-0.3, -0.25) is 9.59 Å². The van der Waals surface area contributed by atoms with Crippen molar-refractivity contribution in [3.8, 4) is 0 Å². The first kappa shape index (κ1) is 16.0. The molecule has 0 saturated heterocycles. The Balaban J connectivity index is 2.89. The lowest BCUT2D eigenvalue weighted by atomic mass is 9.70. The van der Waals surface area contributed by atoms with Crippen molar-refractivity contribution in [1.29, 1.82) is 0 Å². The summed E-state index contributed by atoms with van der Waals surface area (Å²) in [5.41, 5.74) is 5.31. The predicted molar refractivity (Wildman–Crippen MR) is 73.6 cm³/mol. The monoisotopic (exact) mass is 270 g/mol. The van der Waals surface area contributed by atoms with Gasteiger partial charge in [0.25, 0.3) is 0 Å². The van der Waals surface area contributed by atoms with Gasteiger partial charge in [-0.15, -0.1) is 0 Å². The maximum Gasteiger partial charge on any atom is 0.323 e. The first-order valence-electron chi connectivity index (χ1n) is 7.05. The van der Waals surface area contributed by atoms with E-state index in [1.807, 2.05) is 13.8 Å². The molecule has 1 saturated carbocycles. The Hall–Kier alpha value is -1.10. The number of carbonyl (C=O) groups excluding carboxylic acids is 1. The number of nitrogens with two attached hydrogens (primary N) is 1. The molecule has 5 nitrogen and oxygen atoms in total. The summed E-state index contributed by atoms with van der Waals surface area (Å²) in [5.74, 6) is -0.433. The topological polar surface area (TPSA) is 83.6 Å². The van der Waals surface area contributed by atoms with Gasteiger partial charge in [-0.05, 0) is 45.4 Å². The summed E-state index contributed by atoms with van der Waals surface area (Å²) in [6.45, 7) is 5.94. The van der Waals surface area contributed by atoms with Crippen LogP contribution in [0.4, 0.5) is 0 Å².